The third-order valence-electron chi connectivity index (χ3n) is 4.26. The molecule has 6 nitrogen and oxygen atoms in total. The molecule has 0 spiro atoms. The number of hydrogen-bond acceptors (Lipinski definition) is 5. The second-order valence-corrected chi connectivity index (χ2v) is 9.63. The average Bonchev–Trinajstić information content (AvgIpc) is 2.74. The summed E-state index contributed by atoms with van der Waals surface area (Å²) >= 11 is 1.41. The quantitative estimate of drug-likeness (QED) is 0.474. The third-order valence-corrected chi connectivity index (χ3v) is 6.75. The van der Waals surface area contributed by atoms with Crippen LogP contribution in [0.2, 0.25) is 0 Å². The number of thioether (sulfide) groups is 1. The topological polar surface area (TPSA) is 84.5 Å². The third kappa shape index (κ3) is 5.99. The first-order valence-electron chi connectivity index (χ1n) is 9.27. The number of carbonyl (C=O) groups is 1. The molecular weight excluding hydrogens is 439 g/mol. The maximum absolute atomic E-state index is 13.1. The number of halogens is 1. The van der Waals surface area contributed by atoms with E-state index in [1.165, 1.54) is 24.9 Å². The molecule has 3 aromatic rings. The first-order chi connectivity index (χ1) is 14.8. The Kier molecular flexibility index (Phi) is 7.19. The summed E-state index contributed by atoms with van der Waals surface area (Å²) in [4.78, 5) is 13.5. The molecule has 0 heterocycles. The van der Waals surface area contributed by atoms with Crippen LogP contribution in [0.1, 0.15) is 6.92 Å². The Morgan fingerprint density at radius 2 is 1.71 bits per heavy atom. The van der Waals surface area contributed by atoms with Crippen molar-refractivity contribution in [3.63, 3.8) is 0 Å². The summed E-state index contributed by atoms with van der Waals surface area (Å²) in [7, 11) is -2.57. The molecule has 0 aliphatic heterocycles. The molecular formula is C22H21FN2O4S2. The smallest absolute Gasteiger partial charge is 0.262 e. The minimum absolute atomic E-state index is 0.0988. The molecule has 1 atom stereocenters. The van der Waals surface area contributed by atoms with Gasteiger partial charge in [0, 0.05) is 10.6 Å². The van der Waals surface area contributed by atoms with Crippen LogP contribution in [0, 0.1) is 5.82 Å². The van der Waals surface area contributed by atoms with Gasteiger partial charge in [-0.05, 0) is 61.5 Å². The highest BCUT2D eigenvalue weighted by atomic mass is 32.2. The molecule has 31 heavy (non-hydrogen) atoms. The predicted octanol–water partition coefficient (Wildman–Crippen LogP) is 4.75. The van der Waals surface area contributed by atoms with Crippen molar-refractivity contribution in [2.24, 2.45) is 0 Å². The van der Waals surface area contributed by atoms with Gasteiger partial charge in [-0.25, -0.2) is 12.8 Å². The summed E-state index contributed by atoms with van der Waals surface area (Å²) in [6.07, 6.45) is 0. The monoisotopic (exact) mass is 460 g/mol. The van der Waals surface area contributed by atoms with Gasteiger partial charge in [0.25, 0.3) is 10.0 Å². The van der Waals surface area contributed by atoms with Gasteiger partial charge >= 0.3 is 0 Å². The molecule has 0 unspecified atom stereocenters. The number of rotatable bonds is 8. The van der Waals surface area contributed by atoms with E-state index in [-0.39, 0.29) is 27.5 Å². The van der Waals surface area contributed by atoms with Crippen LogP contribution >= 0.6 is 11.8 Å². The number of hydrogen-bond donors (Lipinski definition) is 2. The molecule has 3 rings (SSSR count). The van der Waals surface area contributed by atoms with E-state index >= 15 is 0 Å². The summed E-state index contributed by atoms with van der Waals surface area (Å²) in [5.74, 6) is -0.495. The number of anilines is 2. The second kappa shape index (κ2) is 9.84. The number of benzene rings is 3. The van der Waals surface area contributed by atoms with Crippen molar-refractivity contribution < 1.29 is 22.3 Å². The molecule has 0 saturated heterocycles. The highest BCUT2D eigenvalue weighted by Crippen LogP contribution is 2.31. The van der Waals surface area contributed by atoms with Crippen molar-refractivity contribution in [2.45, 2.75) is 22.0 Å². The number of ether oxygens (including phenoxy) is 1. The minimum Gasteiger partial charge on any atom is -0.495 e. The minimum atomic E-state index is -3.98. The zero-order valence-corrected chi connectivity index (χ0v) is 18.5. The van der Waals surface area contributed by atoms with E-state index in [1.807, 2.05) is 30.3 Å². The molecule has 0 fully saturated rings. The fourth-order valence-electron chi connectivity index (χ4n) is 2.68. The largest absolute Gasteiger partial charge is 0.495 e. The van der Waals surface area contributed by atoms with Crippen molar-refractivity contribution in [1.29, 1.82) is 0 Å². The van der Waals surface area contributed by atoms with Gasteiger partial charge in [-0.1, -0.05) is 18.2 Å². The molecule has 0 radical (unpaired) electrons. The molecule has 0 aliphatic carbocycles. The fraction of sp³-hybridized carbons (Fsp3) is 0.136. The molecule has 0 aromatic heterocycles. The van der Waals surface area contributed by atoms with Gasteiger partial charge in [0.15, 0.2) is 0 Å². The van der Waals surface area contributed by atoms with Crippen molar-refractivity contribution >= 4 is 39.1 Å². The lowest BCUT2D eigenvalue weighted by Crippen LogP contribution is -2.22. The lowest BCUT2D eigenvalue weighted by atomic mass is 10.2. The van der Waals surface area contributed by atoms with E-state index in [0.717, 1.165) is 29.2 Å². The van der Waals surface area contributed by atoms with Gasteiger partial charge in [-0.3, -0.25) is 9.52 Å². The predicted molar refractivity (Wildman–Crippen MR) is 121 cm³/mol. The zero-order valence-electron chi connectivity index (χ0n) is 16.8. The highest BCUT2D eigenvalue weighted by molar-refractivity contribution is 8.00. The Bertz CT molecular complexity index is 1150. The van der Waals surface area contributed by atoms with E-state index in [4.69, 9.17) is 4.74 Å². The summed E-state index contributed by atoms with van der Waals surface area (Å²) in [5.41, 5.74) is 0.552. The van der Waals surface area contributed by atoms with Gasteiger partial charge in [0.2, 0.25) is 5.91 Å². The Hall–Kier alpha value is -3.04. The van der Waals surface area contributed by atoms with Crippen LogP contribution in [0.3, 0.4) is 0 Å². The summed E-state index contributed by atoms with van der Waals surface area (Å²) in [6, 6.07) is 18.6. The van der Waals surface area contributed by atoms with Crippen molar-refractivity contribution in [3.8, 4) is 5.75 Å². The molecule has 0 bridgehead atoms. The van der Waals surface area contributed by atoms with E-state index in [9.17, 15) is 17.6 Å². The van der Waals surface area contributed by atoms with Crippen LogP contribution in [-0.2, 0) is 14.8 Å². The molecule has 0 aliphatic rings. The zero-order chi connectivity index (χ0) is 22.4. The Balaban J connectivity index is 1.77. The van der Waals surface area contributed by atoms with Gasteiger partial charge in [0.05, 0.1) is 22.9 Å². The van der Waals surface area contributed by atoms with Crippen LogP contribution < -0.4 is 14.8 Å². The standard InChI is InChI=1S/C22H21FN2O4S2/c1-15(30-18-6-4-3-5-7-18)22(26)24-17-10-13-21(29-2)20(14-17)25-31(27,28)19-11-8-16(23)9-12-19/h3-15,25H,1-2H3,(H,24,26)/t15-/m0/s1. The van der Waals surface area contributed by atoms with Crippen LogP contribution in [-0.4, -0.2) is 26.7 Å². The Labute approximate surface area is 184 Å². The maximum atomic E-state index is 13.1. The highest BCUT2D eigenvalue weighted by Gasteiger charge is 2.19. The van der Waals surface area contributed by atoms with Gasteiger partial charge in [0.1, 0.15) is 11.6 Å². The van der Waals surface area contributed by atoms with Crippen LogP contribution in [0.15, 0.2) is 82.6 Å². The number of nitrogens with one attached hydrogen (secondary N) is 2. The first-order valence-corrected chi connectivity index (χ1v) is 11.6. The van der Waals surface area contributed by atoms with Crippen molar-refractivity contribution in [2.75, 3.05) is 17.1 Å². The number of amides is 1. The van der Waals surface area contributed by atoms with Crippen LogP contribution in [0.4, 0.5) is 15.8 Å². The first kappa shape index (κ1) is 22.6. The average molecular weight is 461 g/mol. The van der Waals surface area contributed by atoms with E-state index in [2.05, 4.69) is 10.0 Å². The molecule has 2 N–H and O–H groups in total. The molecule has 9 heteroatoms. The van der Waals surface area contributed by atoms with Gasteiger partial charge < -0.3 is 10.1 Å². The lowest BCUT2D eigenvalue weighted by Gasteiger charge is -2.15. The molecule has 0 saturated carbocycles. The molecule has 162 valence electrons. The number of methoxy groups -OCH3 is 1. The van der Waals surface area contributed by atoms with Gasteiger partial charge in [-0.2, -0.15) is 0 Å². The van der Waals surface area contributed by atoms with E-state index in [0.29, 0.717) is 5.69 Å². The van der Waals surface area contributed by atoms with Crippen LogP contribution in [0.25, 0.3) is 0 Å². The molecule has 1 amide bonds. The van der Waals surface area contributed by atoms with E-state index < -0.39 is 15.8 Å². The SMILES string of the molecule is COc1ccc(NC(=O)[C@H](C)Sc2ccccc2)cc1NS(=O)(=O)c1ccc(F)cc1. The van der Waals surface area contributed by atoms with E-state index in [1.54, 1.807) is 19.1 Å². The Morgan fingerprint density at radius 1 is 1.03 bits per heavy atom. The molecule has 3 aromatic carbocycles. The lowest BCUT2D eigenvalue weighted by molar-refractivity contribution is -0.115. The number of sulfonamides is 1. The Morgan fingerprint density at radius 3 is 2.35 bits per heavy atom. The summed E-state index contributed by atoms with van der Waals surface area (Å²) in [6.45, 7) is 1.79. The second-order valence-electron chi connectivity index (χ2n) is 6.54. The normalized spacial score (nSPS) is 12.1. The van der Waals surface area contributed by atoms with Crippen LogP contribution in [0.5, 0.6) is 5.75 Å². The van der Waals surface area contributed by atoms with Gasteiger partial charge in [-0.15, -0.1) is 11.8 Å². The summed E-state index contributed by atoms with van der Waals surface area (Å²) < 4.78 is 46.1. The fourth-order valence-corrected chi connectivity index (χ4v) is 4.63. The number of carbonyl (C=O) groups excluding carboxylic acids is 1. The summed E-state index contributed by atoms with van der Waals surface area (Å²) in [5, 5.41) is 2.42. The van der Waals surface area contributed by atoms with Crippen molar-refractivity contribution in [3.05, 3.63) is 78.6 Å². The van der Waals surface area contributed by atoms with Crippen molar-refractivity contribution in [1.82, 2.24) is 0 Å². The maximum Gasteiger partial charge on any atom is 0.262 e.